The Morgan fingerprint density at radius 2 is 1.19 bits per heavy atom. The lowest BCUT2D eigenvalue weighted by Crippen LogP contribution is -2.27. The zero-order chi connectivity index (χ0) is 20.2. The van der Waals surface area contributed by atoms with Crippen molar-refractivity contribution in [1.29, 1.82) is 0 Å². The number of carbonyl (C=O) groups is 1. The Balaban J connectivity index is 3.19. The summed E-state index contributed by atoms with van der Waals surface area (Å²) in [5.41, 5.74) is 0. The van der Waals surface area contributed by atoms with Gasteiger partial charge in [-0.05, 0) is 6.42 Å². The summed E-state index contributed by atoms with van der Waals surface area (Å²) >= 11 is 0. The highest BCUT2D eigenvalue weighted by molar-refractivity contribution is 7.80. The van der Waals surface area contributed by atoms with Gasteiger partial charge in [-0.1, -0.05) is 96.8 Å². The third-order valence-corrected chi connectivity index (χ3v) is 5.11. The van der Waals surface area contributed by atoms with Crippen molar-refractivity contribution in [2.45, 2.75) is 110 Å². The van der Waals surface area contributed by atoms with Crippen LogP contribution in [0.2, 0.25) is 0 Å². The summed E-state index contributed by atoms with van der Waals surface area (Å²) in [4.78, 5) is 11.5. The normalized spacial score (nSPS) is 11.6. The number of amides is 1. The molecule has 0 radical (unpaired) electrons. The summed E-state index contributed by atoms with van der Waals surface area (Å²) in [6.07, 6.45) is 19.7. The predicted molar refractivity (Wildman–Crippen MR) is 108 cm³/mol. The molecule has 0 spiro atoms. The second-order valence-electron chi connectivity index (χ2n) is 7.28. The lowest BCUT2D eigenvalue weighted by Gasteiger charge is -2.08. The van der Waals surface area contributed by atoms with E-state index >= 15 is 0 Å². The molecule has 0 atom stereocenters. The van der Waals surface area contributed by atoms with Gasteiger partial charge < -0.3 is 9.87 Å². The van der Waals surface area contributed by atoms with Crippen LogP contribution in [0, 0.1) is 0 Å². The molecule has 0 aliphatic rings. The monoisotopic (exact) mass is 406 g/mol. The first kappa shape index (κ1) is 26.3. The Morgan fingerprint density at radius 1 is 0.778 bits per heavy atom. The molecule has 1 N–H and O–H groups in total. The van der Waals surface area contributed by atoms with Gasteiger partial charge in [0.15, 0.2) is 0 Å². The smallest absolute Gasteiger partial charge is 0.220 e. The van der Waals surface area contributed by atoms with Gasteiger partial charge in [0.1, 0.15) is 0 Å². The van der Waals surface area contributed by atoms with Crippen molar-refractivity contribution in [3.05, 3.63) is 0 Å². The van der Waals surface area contributed by atoms with Crippen molar-refractivity contribution in [1.82, 2.24) is 5.32 Å². The molecule has 6 nitrogen and oxygen atoms in total. The van der Waals surface area contributed by atoms with Gasteiger partial charge in [0, 0.05) is 13.0 Å². The van der Waals surface area contributed by atoms with E-state index < -0.39 is 10.4 Å². The van der Waals surface area contributed by atoms with Crippen LogP contribution >= 0.6 is 0 Å². The zero-order valence-electron chi connectivity index (χ0n) is 17.2. The number of nitrogens with one attached hydrogen (secondary N) is 1. The fraction of sp³-hybridized carbons (Fsp3) is 0.950. The van der Waals surface area contributed by atoms with Crippen molar-refractivity contribution in [3.8, 4) is 0 Å². The first-order chi connectivity index (χ1) is 13.0. The molecule has 0 aliphatic heterocycles. The van der Waals surface area contributed by atoms with Gasteiger partial charge in [0.05, 0.1) is 6.61 Å². The van der Waals surface area contributed by atoms with Crippen molar-refractivity contribution in [2.75, 3.05) is 13.2 Å². The highest BCUT2D eigenvalue weighted by Gasteiger charge is 2.01. The molecule has 0 aromatic carbocycles. The number of rotatable bonds is 20. The van der Waals surface area contributed by atoms with E-state index in [1.54, 1.807) is 0 Å². The summed E-state index contributed by atoms with van der Waals surface area (Å²) in [5, 5.41) is 2.54. The van der Waals surface area contributed by atoms with Crippen LogP contribution in [-0.2, 0) is 19.4 Å². The summed E-state index contributed by atoms with van der Waals surface area (Å²) in [5.74, 6) is -0.128. The molecule has 0 rings (SSSR count). The van der Waals surface area contributed by atoms with Crippen LogP contribution < -0.4 is 5.32 Å². The molecular weight excluding hydrogens is 366 g/mol. The zero-order valence-corrected chi connectivity index (χ0v) is 18.0. The van der Waals surface area contributed by atoms with Crippen LogP contribution in [0.1, 0.15) is 110 Å². The van der Waals surface area contributed by atoms with Crippen LogP contribution in [-0.4, -0.2) is 32.0 Å². The maximum atomic E-state index is 11.5. The summed E-state index contributed by atoms with van der Waals surface area (Å²) in [6, 6.07) is 0. The molecule has 0 unspecified atom stereocenters. The van der Waals surface area contributed by atoms with E-state index in [0.29, 0.717) is 6.42 Å². The molecule has 0 heterocycles. The molecule has 162 valence electrons. The molecule has 0 aromatic heterocycles. The Bertz CT molecular complexity index is 440. The maximum Gasteiger partial charge on any atom is 0.220 e. The first-order valence-electron chi connectivity index (χ1n) is 10.8. The third-order valence-electron chi connectivity index (χ3n) is 4.66. The Labute approximate surface area is 166 Å². The van der Waals surface area contributed by atoms with Crippen LogP contribution in [0.25, 0.3) is 0 Å². The second kappa shape index (κ2) is 18.7. The molecule has 0 bridgehead atoms. The lowest BCUT2D eigenvalue weighted by atomic mass is 10.0. The average Bonchev–Trinajstić information content (AvgIpc) is 2.61. The van der Waals surface area contributed by atoms with Gasteiger partial charge in [0.2, 0.25) is 16.3 Å². The van der Waals surface area contributed by atoms with Crippen LogP contribution in [0.5, 0.6) is 0 Å². The van der Waals surface area contributed by atoms with Crippen molar-refractivity contribution in [3.63, 3.8) is 0 Å². The van der Waals surface area contributed by atoms with Gasteiger partial charge in [-0.15, -0.1) is 0 Å². The second-order valence-corrected chi connectivity index (χ2v) is 8.33. The first-order valence-corrected chi connectivity index (χ1v) is 12.2. The summed E-state index contributed by atoms with van der Waals surface area (Å²) in [6.45, 7) is 1.99. The van der Waals surface area contributed by atoms with E-state index in [-0.39, 0.29) is 19.1 Å². The number of carbonyl (C=O) groups excluding carboxylic acids is 1. The maximum absolute atomic E-state index is 11.5. The highest BCUT2D eigenvalue weighted by atomic mass is 32.3. The molecule has 27 heavy (non-hydrogen) atoms. The Hall–Kier alpha value is -0.660. The SMILES string of the molecule is CCCCCCCCCCCCCCCCCC(=O)NCCOS(=O)(=O)[O-]. The standard InChI is InChI=1S/C20H41NO5S/c1-2-3-4-5-6-7-8-9-10-11-12-13-14-15-16-17-20(22)21-18-19-26-27(23,24)25/h2-19H2,1H3,(H,21,22)(H,23,24,25)/p-1. The Morgan fingerprint density at radius 3 is 1.59 bits per heavy atom. The largest absolute Gasteiger partial charge is 0.726 e. The number of unbranched alkanes of at least 4 members (excludes halogenated alkanes) is 14. The molecule has 1 amide bonds. The van der Waals surface area contributed by atoms with E-state index in [4.69, 9.17) is 0 Å². The number of hydrogen-bond acceptors (Lipinski definition) is 5. The van der Waals surface area contributed by atoms with E-state index in [1.807, 2.05) is 0 Å². The van der Waals surface area contributed by atoms with E-state index in [2.05, 4.69) is 16.4 Å². The number of hydrogen-bond donors (Lipinski definition) is 1. The fourth-order valence-electron chi connectivity index (χ4n) is 3.08. The molecular formula is C20H40NO5S-. The Kier molecular flexibility index (Phi) is 18.2. The highest BCUT2D eigenvalue weighted by Crippen LogP contribution is 2.13. The topological polar surface area (TPSA) is 95.5 Å². The molecule has 0 aliphatic carbocycles. The predicted octanol–water partition coefficient (Wildman–Crippen LogP) is 4.84. The van der Waals surface area contributed by atoms with Gasteiger partial charge in [-0.2, -0.15) is 0 Å². The fourth-order valence-corrected chi connectivity index (χ4v) is 3.37. The average molecular weight is 407 g/mol. The molecule has 0 saturated carbocycles. The quantitative estimate of drug-likeness (QED) is 0.177. The minimum Gasteiger partial charge on any atom is -0.726 e. The van der Waals surface area contributed by atoms with Crippen LogP contribution in [0.4, 0.5) is 0 Å². The molecule has 7 heteroatoms. The van der Waals surface area contributed by atoms with Crippen molar-refractivity contribution < 1.29 is 21.9 Å². The van der Waals surface area contributed by atoms with Crippen molar-refractivity contribution >= 4 is 16.3 Å². The van der Waals surface area contributed by atoms with Crippen LogP contribution in [0.3, 0.4) is 0 Å². The minimum absolute atomic E-state index is 0.0407. The third kappa shape index (κ3) is 23.3. The van der Waals surface area contributed by atoms with Crippen molar-refractivity contribution in [2.24, 2.45) is 0 Å². The van der Waals surface area contributed by atoms with Gasteiger partial charge in [-0.25, -0.2) is 8.42 Å². The molecule has 0 saturated heterocycles. The molecule has 0 aromatic rings. The van der Waals surface area contributed by atoms with Crippen LogP contribution in [0.15, 0.2) is 0 Å². The lowest BCUT2D eigenvalue weighted by molar-refractivity contribution is -0.121. The van der Waals surface area contributed by atoms with Gasteiger partial charge in [-0.3, -0.25) is 8.98 Å². The van der Waals surface area contributed by atoms with Gasteiger partial charge in [0.25, 0.3) is 0 Å². The van der Waals surface area contributed by atoms with Gasteiger partial charge >= 0.3 is 0 Å². The van der Waals surface area contributed by atoms with E-state index in [0.717, 1.165) is 19.3 Å². The summed E-state index contributed by atoms with van der Waals surface area (Å²) < 4.78 is 34.7. The summed E-state index contributed by atoms with van der Waals surface area (Å²) in [7, 11) is -4.67. The van der Waals surface area contributed by atoms with E-state index in [9.17, 15) is 17.8 Å². The van der Waals surface area contributed by atoms with E-state index in [1.165, 1.54) is 77.0 Å². The minimum atomic E-state index is -4.67. The molecule has 0 fully saturated rings.